The fraction of sp³-hybridized carbons (Fsp3) is 0.250. The Morgan fingerprint density at radius 1 is 1.19 bits per heavy atom. The molecule has 1 N–H and O–H groups in total. The number of benzene rings is 2. The van der Waals surface area contributed by atoms with E-state index in [9.17, 15) is 9.59 Å². The first-order chi connectivity index (χ1) is 12.5. The van der Waals surface area contributed by atoms with E-state index in [1.807, 2.05) is 30.3 Å². The predicted octanol–water partition coefficient (Wildman–Crippen LogP) is 3.31. The highest BCUT2D eigenvalue weighted by Crippen LogP contribution is 2.16. The van der Waals surface area contributed by atoms with Crippen LogP contribution < -0.4 is 10.2 Å². The number of hydrogen-bond donors (Lipinski definition) is 1. The van der Waals surface area contributed by atoms with Crippen LogP contribution in [0.25, 0.3) is 0 Å². The molecule has 0 saturated carbocycles. The Labute approximate surface area is 158 Å². The van der Waals surface area contributed by atoms with Gasteiger partial charge in [0.05, 0.1) is 11.6 Å². The van der Waals surface area contributed by atoms with Gasteiger partial charge in [-0.15, -0.1) is 0 Å². The van der Waals surface area contributed by atoms with Gasteiger partial charge in [0, 0.05) is 37.1 Å². The molecule has 0 aliphatic carbocycles. The monoisotopic (exact) mass is 369 g/mol. The molecule has 0 saturated heterocycles. The second-order valence-corrected chi connectivity index (χ2v) is 6.25. The highest BCUT2D eigenvalue weighted by molar-refractivity contribution is 6.30. The number of anilines is 1. The molecule has 2 rings (SSSR count). The number of nitriles is 1. The molecule has 0 bridgehead atoms. The summed E-state index contributed by atoms with van der Waals surface area (Å²) in [5.41, 5.74) is 2.25. The normalized spacial score (nSPS) is 10.0. The fourth-order valence-corrected chi connectivity index (χ4v) is 2.74. The first-order valence-corrected chi connectivity index (χ1v) is 8.67. The zero-order valence-corrected chi connectivity index (χ0v) is 15.3. The van der Waals surface area contributed by atoms with E-state index < -0.39 is 0 Å². The van der Waals surface area contributed by atoms with Crippen LogP contribution in [0.15, 0.2) is 48.5 Å². The molecule has 0 aliphatic heterocycles. The first kappa shape index (κ1) is 19.5. The smallest absolute Gasteiger partial charge is 0.223 e. The minimum absolute atomic E-state index is 0.119. The van der Waals surface area contributed by atoms with Gasteiger partial charge in [-0.25, -0.2) is 0 Å². The summed E-state index contributed by atoms with van der Waals surface area (Å²) in [6.45, 7) is 2.25. The lowest BCUT2D eigenvalue weighted by Crippen LogP contribution is -2.34. The summed E-state index contributed by atoms with van der Waals surface area (Å²) in [5.74, 6) is -0.270. The Kier molecular flexibility index (Phi) is 7.19. The summed E-state index contributed by atoms with van der Waals surface area (Å²) < 4.78 is 0. The van der Waals surface area contributed by atoms with Crippen molar-refractivity contribution in [1.29, 1.82) is 5.26 Å². The van der Waals surface area contributed by atoms with Crippen LogP contribution in [0.4, 0.5) is 5.69 Å². The molecule has 0 aliphatic rings. The van der Waals surface area contributed by atoms with Crippen molar-refractivity contribution in [2.75, 3.05) is 18.0 Å². The summed E-state index contributed by atoms with van der Waals surface area (Å²) in [6.07, 6.45) is 0.896. The van der Waals surface area contributed by atoms with Crippen LogP contribution in [0.5, 0.6) is 0 Å². The van der Waals surface area contributed by atoms with Gasteiger partial charge in [-0.1, -0.05) is 23.7 Å². The van der Waals surface area contributed by atoms with Crippen LogP contribution in [0.1, 0.15) is 24.5 Å². The highest BCUT2D eigenvalue weighted by atomic mass is 35.5. The Hall–Kier alpha value is -2.84. The Bertz CT molecular complexity index is 813. The summed E-state index contributed by atoms with van der Waals surface area (Å²) in [6, 6.07) is 16.3. The van der Waals surface area contributed by atoms with Gasteiger partial charge in [-0.3, -0.25) is 9.59 Å². The van der Waals surface area contributed by atoms with E-state index in [4.69, 9.17) is 16.9 Å². The van der Waals surface area contributed by atoms with Crippen molar-refractivity contribution in [3.8, 4) is 6.07 Å². The van der Waals surface area contributed by atoms with Gasteiger partial charge < -0.3 is 10.2 Å². The van der Waals surface area contributed by atoms with Crippen LogP contribution in [-0.2, 0) is 16.0 Å². The van der Waals surface area contributed by atoms with Crippen LogP contribution >= 0.6 is 11.6 Å². The molecule has 0 fully saturated rings. The number of carbonyl (C=O) groups is 2. The van der Waals surface area contributed by atoms with Crippen LogP contribution in [0.3, 0.4) is 0 Å². The first-order valence-electron chi connectivity index (χ1n) is 8.29. The largest absolute Gasteiger partial charge is 0.356 e. The van der Waals surface area contributed by atoms with E-state index in [1.165, 1.54) is 11.8 Å². The zero-order valence-electron chi connectivity index (χ0n) is 14.5. The van der Waals surface area contributed by atoms with Gasteiger partial charge in [0.2, 0.25) is 11.8 Å². The molecule has 0 heterocycles. The lowest BCUT2D eigenvalue weighted by atomic mass is 10.1. The number of hydrogen-bond acceptors (Lipinski definition) is 3. The van der Waals surface area contributed by atoms with Crippen molar-refractivity contribution >= 4 is 29.1 Å². The summed E-state index contributed by atoms with van der Waals surface area (Å²) >= 11 is 5.94. The maximum atomic E-state index is 12.0. The van der Waals surface area contributed by atoms with Crippen LogP contribution in [-0.4, -0.2) is 24.9 Å². The molecular formula is C20H20ClN3O2. The van der Waals surface area contributed by atoms with Gasteiger partial charge in [-0.05, 0) is 48.4 Å². The number of carbonyl (C=O) groups excluding carboxylic acids is 2. The third-order valence-corrected chi connectivity index (χ3v) is 4.11. The fourth-order valence-electron chi connectivity index (χ4n) is 2.52. The van der Waals surface area contributed by atoms with Crippen molar-refractivity contribution in [3.05, 3.63) is 64.7 Å². The van der Waals surface area contributed by atoms with Gasteiger partial charge in [0.1, 0.15) is 0 Å². The van der Waals surface area contributed by atoms with E-state index in [-0.39, 0.29) is 24.8 Å². The molecule has 0 spiro atoms. The average molecular weight is 370 g/mol. The molecule has 134 valence electrons. The Morgan fingerprint density at radius 3 is 2.54 bits per heavy atom. The lowest BCUT2D eigenvalue weighted by Gasteiger charge is -2.21. The van der Waals surface area contributed by atoms with Gasteiger partial charge in [0.25, 0.3) is 0 Å². The molecule has 2 amide bonds. The van der Waals surface area contributed by atoms with E-state index in [2.05, 4.69) is 5.32 Å². The predicted molar refractivity (Wildman–Crippen MR) is 102 cm³/mol. The van der Waals surface area contributed by atoms with Crippen LogP contribution in [0, 0.1) is 11.3 Å². The van der Waals surface area contributed by atoms with Crippen molar-refractivity contribution in [3.63, 3.8) is 0 Å². The van der Waals surface area contributed by atoms with E-state index in [0.717, 1.165) is 5.56 Å². The van der Waals surface area contributed by atoms with Crippen molar-refractivity contribution in [2.45, 2.75) is 19.8 Å². The summed E-state index contributed by atoms with van der Waals surface area (Å²) in [4.78, 5) is 25.4. The van der Waals surface area contributed by atoms with Gasteiger partial charge in [0.15, 0.2) is 0 Å². The van der Waals surface area contributed by atoms with E-state index in [0.29, 0.717) is 29.2 Å². The number of nitrogens with one attached hydrogen (secondary N) is 1. The topological polar surface area (TPSA) is 73.2 Å². The number of rotatable bonds is 7. The van der Waals surface area contributed by atoms with Crippen molar-refractivity contribution in [1.82, 2.24) is 5.32 Å². The Morgan fingerprint density at radius 2 is 1.92 bits per heavy atom. The number of halogens is 1. The van der Waals surface area contributed by atoms with E-state index in [1.54, 1.807) is 24.3 Å². The highest BCUT2D eigenvalue weighted by Gasteiger charge is 2.13. The third kappa shape index (κ3) is 5.91. The molecule has 0 aromatic heterocycles. The SMILES string of the molecule is CC(=O)N(CCC(=O)NCCc1cccc(Cl)c1)c1ccc(C#N)cc1. The quantitative estimate of drug-likeness (QED) is 0.813. The maximum absolute atomic E-state index is 12.0. The second-order valence-electron chi connectivity index (χ2n) is 5.81. The zero-order chi connectivity index (χ0) is 18.9. The maximum Gasteiger partial charge on any atom is 0.223 e. The Balaban J connectivity index is 1.83. The molecule has 26 heavy (non-hydrogen) atoms. The summed E-state index contributed by atoms with van der Waals surface area (Å²) in [7, 11) is 0. The molecule has 2 aromatic rings. The number of nitrogens with zero attached hydrogens (tertiary/aromatic N) is 2. The standard InChI is InChI=1S/C20H20ClN3O2/c1-15(25)24(19-7-5-17(14-22)6-8-19)12-10-20(26)23-11-9-16-3-2-4-18(21)13-16/h2-8,13H,9-12H2,1H3,(H,23,26). The minimum Gasteiger partial charge on any atom is -0.356 e. The molecule has 0 radical (unpaired) electrons. The van der Waals surface area contributed by atoms with Crippen LogP contribution in [0.2, 0.25) is 5.02 Å². The molecule has 0 atom stereocenters. The van der Waals surface area contributed by atoms with Crippen molar-refractivity contribution in [2.24, 2.45) is 0 Å². The minimum atomic E-state index is -0.151. The second kappa shape index (κ2) is 9.59. The molecular weight excluding hydrogens is 350 g/mol. The average Bonchev–Trinajstić information content (AvgIpc) is 2.62. The lowest BCUT2D eigenvalue weighted by molar-refractivity contribution is -0.121. The number of amides is 2. The third-order valence-electron chi connectivity index (χ3n) is 3.88. The van der Waals surface area contributed by atoms with Gasteiger partial charge in [-0.2, -0.15) is 5.26 Å². The van der Waals surface area contributed by atoms with E-state index >= 15 is 0 Å². The molecule has 0 unspecified atom stereocenters. The molecule has 5 nitrogen and oxygen atoms in total. The summed E-state index contributed by atoms with van der Waals surface area (Å²) in [5, 5.41) is 12.4. The van der Waals surface area contributed by atoms with Gasteiger partial charge >= 0.3 is 0 Å². The molecule has 2 aromatic carbocycles. The van der Waals surface area contributed by atoms with Crippen molar-refractivity contribution < 1.29 is 9.59 Å². The molecule has 6 heteroatoms.